The number of nitrogens with two attached hydrogens (primary N) is 1. The summed E-state index contributed by atoms with van der Waals surface area (Å²) >= 11 is 3.39. The summed E-state index contributed by atoms with van der Waals surface area (Å²) in [6.45, 7) is 1.98. The molecule has 0 radical (unpaired) electrons. The van der Waals surface area contributed by atoms with Gasteiger partial charge in [0, 0.05) is 10.5 Å². The Hall–Kier alpha value is -1.82. The molecule has 0 aliphatic rings. The fraction of sp³-hybridized carbons (Fsp3) is 0.0909. The second-order valence-corrected chi connectivity index (χ2v) is 4.50. The Morgan fingerprint density at radius 1 is 1.47 bits per heavy atom. The zero-order valence-electron chi connectivity index (χ0n) is 9.12. The maximum absolute atomic E-state index is 11.8. The summed E-state index contributed by atoms with van der Waals surface area (Å²) in [5.74, 6) is 0.0110. The van der Waals surface area contributed by atoms with Crippen LogP contribution < -0.4 is 11.1 Å². The highest BCUT2D eigenvalue weighted by molar-refractivity contribution is 9.10. The fourth-order valence-electron chi connectivity index (χ4n) is 1.36. The molecule has 0 fully saturated rings. The Bertz CT molecular complexity index is 564. The van der Waals surface area contributed by atoms with E-state index in [1.165, 1.54) is 6.07 Å². The van der Waals surface area contributed by atoms with Crippen LogP contribution in [0.1, 0.15) is 16.1 Å². The maximum atomic E-state index is 11.8. The molecule has 0 aliphatic heterocycles. The van der Waals surface area contributed by atoms with Crippen LogP contribution >= 0.6 is 15.9 Å². The van der Waals surface area contributed by atoms with E-state index in [1.807, 2.05) is 25.1 Å². The van der Waals surface area contributed by atoms with E-state index in [1.54, 1.807) is 0 Å². The molecule has 1 aromatic heterocycles. The topological polar surface area (TPSA) is 83.8 Å². The Morgan fingerprint density at radius 2 is 2.24 bits per heavy atom. The standard InChI is InChI=1S/C11H11BrN4O/c1-6-2-3-8(7(12)4-6)14-11(17)9-5-10(13)16-15-9/h2-5H,1H3,(H,14,17)(H3,13,15,16). The number of carbonyl (C=O) groups is 1. The molecule has 4 N–H and O–H groups in total. The third-order valence-corrected chi connectivity index (χ3v) is 2.87. The molecular weight excluding hydrogens is 284 g/mol. The molecule has 0 spiro atoms. The minimum atomic E-state index is -0.279. The summed E-state index contributed by atoms with van der Waals surface area (Å²) in [6, 6.07) is 7.16. The highest BCUT2D eigenvalue weighted by Crippen LogP contribution is 2.23. The van der Waals surface area contributed by atoms with Crippen molar-refractivity contribution in [2.24, 2.45) is 0 Å². The van der Waals surface area contributed by atoms with Gasteiger partial charge in [-0.05, 0) is 40.5 Å². The van der Waals surface area contributed by atoms with Crippen LogP contribution in [0.25, 0.3) is 0 Å². The van der Waals surface area contributed by atoms with Gasteiger partial charge >= 0.3 is 0 Å². The summed E-state index contributed by atoms with van der Waals surface area (Å²) in [5.41, 5.74) is 7.57. The van der Waals surface area contributed by atoms with Gasteiger partial charge in [0.15, 0.2) is 0 Å². The molecule has 2 rings (SSSR count). The average Bonchev–Trinajstić information content (AvgIpc) is 2.69. The van der Waals surface area contributed by atoms with E-state index in [2.05, 4.69) is 31.4 Å². The molecular formula is C11H11BrN4O. The largest absolute Gasteiger partial charge is 0.382 e. The number of aromatic amines is 1. The molecule has 1 heterocycles. The molecule has 0 saturated heterocycles. The van der Waals surface area contributed by atoms with Gasteiger partial charge < -0.3 is 11.1 Å². The first-order valence-electron chi connectivity index (χ1n) is 4.94. The van der Waals surface area contributed by atoms with E-state index < -0.39 is 0 Å². The average molecular weight is 295 g/mol. The van der Waals surface area contributed by atoms with Crippen molar-refractivity contribution in [3.05, 3.63) is 40.0 Å². The molecule has 0 atom stereocenters. The highest BCUT2D eigenvalue weighted by Gasteiger charge is 2.10. The Balaban J connectivity index is 2.18. The number of aryl methyl sites for hydroxylation is 1. The normalized spacial score (nSPS) is 10.2. The lowest BCUT2D eigenvalue weighted by Gasteiger charge is -2.06. The summed E-state index contributed by atoms with van der Waals surface area (Å²) in [5, 5.41) is 9.00. The molecule has 1 aromatic carbocycles. The number of aromatic nitrogens is 2. The number of anilines is 2. The zero-order chi connectivity index (χ0) is 12.4. The molecule has 5 nitrogen and oxygen atoms in total. The van der Waals surface area contributed by atoms with Crippen LogP contribution in [0.5, 0.6) is 0 Å². The molecule has 17 heavy (non-hydrogen) atoms. The van der Waals surface area contributed by atoms with Gasteiger partial charge in [0.1, 0.15) is 11.5 Å². The van der Waals surface area contributed by atoms with Gasteiger partial charge in [-0.2, -0.15) is 5.10 Å². The number of hydrogen-bond donors (Lipinski definition) is 3. The minimum absolute atomic E-state index is 0.279. The zero-order valence-corrected chi connectivity index (χ0v) is 10.7. The van der Waals surface area contributed by atoms with Crippen molar-refractivity contribution in [2.75, 3.05) is 11.1 Å². The van der Waals surface area contributed by atoms with Crippen LogP contribution in [-0.4, -0.2) is 16.1 Å². The van der Waals surface area contributed by atoms with E-state index in [-0.39, 0.29) is 11.7 Å². The first-order valence-corrected chi connectivity index (χ1v) is 5.74. The van der Waals surface area contributed by atoms with Crippen molar-refractivity contribution < 1.29 is 4.79 Å². The number of rotatable bonds is 2. The number of nitrogens with zero attached hydrogens (tertiary/aromatic N) is 1. The summed E-state index contributed by atoms with van der Waals surface area (Å²) in [7, 11) is 0. The number of amides is 1. The van der Waals surface area contributed by atoms with E-state index in [4.69, 9.17) is 5.73 Å². The third-order valence-electron chi connectivity index (χ3n) is 2.22. The smallest absolute Gasteiger partial charge is 0.273 e. The molecule has 2 aromatic rings. The quantitative estimate of drug-likeness (QED) is 0.795. The molecule has 1 amide bonds. The predicted octanol–water partition coefficient (Wildman–Crippen LogP) is 2.32. The van der Waals surface area contributed by atoms with Gasteiger partial charge in [-0.3, -0.25) is 9.89 Å². The van der Waals surface area contributed by atoms with E-state index >= 15 is 0 Å². The number of nitrogen functional groups attached to an aromatic ring is 1. The monoisotopic (exact) mass is 294 g/mol. The van der Waals surface area contributed by atoms with Crippen LogP contribution in [0.15, 0.2) is 28.7 Å². The molecule has 88 valence electrons. The van der Waals surface area contributed by atoms with Crippen molar-refractivity contribution in [1.82, 2.24) is 10.2 Å². The number of carbonyl (C=O) groups excluding carboxylic acids is 1. The van der Waals surface area contributed by atoms with Crippen LogP contribution in [0.4, 0.5) is 11.5 Å². The molecule has 0 aliphatic carbocycles. The van der Waals surface area contributed by atoms with Crippen LogP contribution in [0.2, 0.25) is 0 Å². The fourth-order valence-corrected chi connectivity index (χ4v) is 1.96. The van der Waals surface area contributed by atoms with Crippen LogP contribution in [0, 0.1) is 6.92 Å². The Morgan fingerprint density at radius 3 is 2.82 bits per heavy atom. The van der Waals surface area contributed by atoms with Crippen molar-refractivity contribution >= 4 is 33.3 Å². The Kier molecular flexibility index (Phi) is 3.14. The number of benzene rings is 1. The van der Waals surface area contributed by atoms with Crippen LogP contribution in [0.3, 0.4) is 0 Å². The summed E-state index contributed by atoms with van der Waals surface area (Å²) in [6.07, 6.45) is 0. The molecule has 0 unspecified atom stereocenters. The number of nitrogens with one attached hydrogen (secondary N) is 2. The number of H-pyrrole nitrogens is 1. The molecule has 0 bridgehead atoms. The molecule has 6 heteroatoms. The van der Waals surface area contributed by atoms with E-state index in [0.29, 0.717) is 11.4 Å². The van der Waals surface area contributed by atoms with E-state index in [9.17, 15) is 4.79 Å². The van der Waals surface area contributed by atoms with Gasteiger partial charge in [0.05, 0.1) is 5.69 Å². The first kappa shape index (κ1) is 11.7. The lowest BCUT2D eigenvalue weighted by Crippen LogP contribution is -2.12. The minimum Gasteiger partial charge on any atom is -0.382 e. The summed E-state index contributed by atoms with van der Waals surface area (Å²) in [4.78, 5) is 11.8. The second-order valence-electron chi connectivity index (χ2n) is 3.64. The second kappa shape index (κ2) is 4.58. The lowest BCUT2D eigenvalue weighted by molar-refractivity contribution is 0.102. The van der Waals surface area contributed by atoms with Crippen molar-refractivity contribution in [2.45, 2.75) is 6.92 Å². The van der Waals surface area contributed by atoms with E-state index in [0.717, 1.165) is 10.0 Å². The van der Waals surface area contributed by atoms with Crippen molar-refractivity contribution in [3.8, 4) is 0 Å². The van der Waals surface area contributed by atoms with Gasteiger partial charge in [0.25, 0.3) is 5.91 Å². The van der Waals surface area contributed by atoms with Crippen molar-refractivity contribution in [3.63, 3.8) is 0 Å². The van der Waals surface area contributed by atoms with Crippen molar-refractivity contribution in [1.29, 1.82) is 0 Å². The highest BCUT2D eigenvalue weighted by atomic mass is 79.9. The molecule has 0 saturated carbocycles. The Labute approximate surface area is 107 Å². The van der Waals surface area contributed by atoms with Gasteiger partial charge in [0.2, 0.25) is 0 Å². The predicted molar refractivity (Wildman–Crippen MR) is 69.8 cm³/mol. The lowest BCUT2D eigenvalue weighted by atomic mass is 10.2. The van der Waals surface area contributed by atoms with Gasteiger partial charge in [-0.15, -0.1) is 0 Å². The maximum Gasteiger partial charge on any atom is 0.273 e. The first-order chi connectivity index (χ1) is 8.06. The number of halogens is 1. The van der Waals surface area contributed by atoms with Gasteiger partial charge in [-0.1, -0.05) is 6.07 Å². The third kappa shape index (κ3) is 2.65. The summed E-state index contributed by atoms with van der Waals surface area (Å²) < 4.78 is 0.832. The van der Waals surface area contributed by atoms with Gasteiger partial charge in [-0.25, -0.2) is 0 Å². The van der Waals surface area contributed by atoms with Crippen LogP contribution in [-0.2, 0) is 0 Å². The number of hydrogen-bond acceptors (Lipinski definition) is 3. The SMILES string of the molecule is Cc1ccc(NC(=O)c2cc(N)n[nH]2)c(Br)c1.